The van der Waals surface area contributed by atoms with E-state index in [1.807, 2.05) is 32.0 Å². The third-order valence-electron chi connectivity index (χ3n) is 2.66. The molecule has 0 fully saturated rings. The van der Waals surface area contributed by atoms with Crippen molar-refractivity contribution in [3.8, 4) is 0 Å². The summed E-state index contributed by atoms with van der Waals surface area (Å²) in [7, 11) is 0. The monoisotopic (exact) mass is 233 g/mol. The van der Waals surface area contributed by atoms with Crippen molar-refractivity contribution in [1.82, 2.24) is 19.8 Å². The predicted octanol–water partition coefficient (Wildman–Crippen LogP) is 0.399. The molecule has 2 N–H and O–H groups in total. The molecule has 0 aliphatic carbocycles. The molecule has 2 rings (SSSR count). The lowest BCUT2D eigenvalue weighted by atomic mass is 10.1. The van der Waals surface area contributed by atoms with Crippen LogP contribution in [0.15, 0.2) is 23.0 Å². The molecular weight excluding hydrogens is 218 g/mol. The van der Waals surface area contributed by atoms with Crippen LogP contribution < -0.4 is 11.4 Å². The quantitative estimate of drug-likeness (QED) is 0.778. The SMILES string of the molecule is CCn1nnn(Cc2ccc(N)c(C)c2)c1=O. The predicted molar refractivity (Wildman–Crippen MR) is 64.6 cm³/mol. The summed E-state index contributed by atoms with van der Waals surface area (Å²) in [5, 5.41) is 7.58. The van der Waals surface area contributed by atoms with Crippen molar-refractivity contribution in [3.05, 3.63) is 39.8 Å². The molecule has 90 valence electrons. The highest BCUT2D eigenvalue weighted by Gasteiger charge is 2.06. The van der Waals surface area contributed by atoms with Crippen LogP contribution in [0.25, 0.3) is 0 Å². The zero-order valence-corrected chi connectivity index (χ0v) is 9.92. The third kappa shape index (κ3) is 2.20. The number of hydrogen-bond acceptors (Lipinski definition) is 4. The first kappa shape index (κ1) is 11.4. The van der Waals surface area contributed by atoms with Gasteiger partial charge in [-0.1, -0.05) is 12.1 Å². The van der Waals surface area contributed by atoms with Crippen LogP contribution in [-0.4, -0.2) is 19.8 Å². The van der Waals surface area contributed by atoms with Crippen molar-refractivity contribution in [1.29, 1.82) is 0 Å². The Kier molecular flexibility index (Phi) is 2.95. The molecule has 1 aromatic heterocycles. The maximum absolute atomic E-state index is 11.7. The molecule has 0 amide bonds. The van der Waals surface area contributed by atoms with Crippen LogP contribution in [-0.2, 0) is 13.1 Å². The summed E-state index contributed by atoms with van der Waals surface area (Å²) in [4.78, 5) is 11.7. The van der Waals surface area contributed by atoms with Gasteiger partial charge in [0.15, 0.2) is 0 Å². The van der Waals surface area contributed by atoms with Crippen LogP contribution in [0.2, 0.25) is 0 Å². The molecule has 0 radical (unpaired) electrons. The molecule has 1 heterocycles. The van der Waals surface area contributed by atoms with Gasteiger partial charge in [-0.3, -0.25) is 0 Å². The highest BCUT2D eigenvalue weighted by Crippen LogP contribution is 2.12. The van der Waals surface area contributed by atoms with Gasteiger partial charge in [0.1, 0.15) is 0 Å². The van der Waals surface area contributed by atoms with E-state index in [1.54, 1.807) is 0 Å². The summed E-state index contributed by atoms with van der Waals surface area (Å²) in [6.45, 7) is 4.73. The number of aryl methyl sites for hydroxylation is 2. The minimum absolute atomic E-state index is 0.193. The lowest BCUT2D eigenvalue weighted by Crippen LogP contribution is -2.25. The summed E-state index contributed by atoms with van der Waals surface area (Å²) < 4.78 is 2.67. The Morgan fingerprint density at radius 3 is 2.59 bits per heavy atom. The van der Waals surface area contributed by atoms with Gasteiger partial charge in [0.2, 0.25) is 0 Å². The Morgan fingerprint density at radius 2 is 2.00 bits per heavy atom. The first-order valence-corrected chi connectivity index (χ1v) is 5.47. The van der Waals surface area contributed by atoms with Crippen LogP contribution >= 0.6 is 0 Å². The zero-order valence-electron chi connectivity index (χ0n) is 9.92. The molecule has 0 spiro atoms. The van der Waals surface area contributed by atoms with E-state index < -0.39 is 0 Å². The van der Waals surface area contributed by atoms with Crippen LogP contribution in [0.1, 0.15) is 18.1 Å². The van der Waals surface area contributed by atoms with E-state index in [2.05, 4.69) is 10.4 Å². The Morgan fingerprint density at radius 1 is 1.29 bits per heavy atom. The standard InChI is InChI=1S/C11H15N5O/c1-3-15-11(17)16(14-13-15)7-9-4-5-10(12)8(2)6-9/h4-6H,3,7,12H2,1-2H3. The summed E-state index contributed by atoms with van der Waals surface area (Å²) >= 11 is 0. The van der Waals surface area contributed by atoms with Gasteiger partial charge in [-0.15, -0.1) is 0 Å². The summed E-state index contributed by atoms with van der Waals surface area (Å²) in [6, 6.07) is 5.67. The van der Waals surface area contributed by atoms with Crippen molar-refractivity contribution in [3.63, 3.8) is 0 Å². The smallest absolute Gasteiger partial charge is 0.363 e. The fourth-order valence-corrected chi connectivity index (χ4v) is 1.61. The molecule has 6 nitrogen and oxygen atoms in total. The van der Waals surface area contributed by atoms with Crippen LogP contribution in [0.3, 0.4) is 0 Å². The summed E-state index contributed by atoms with van der Waals surface area (Å²) in [5.74, 6) is 0. The summed E-state index contributed by atoms with van der Waals surface area (Å²) in [5.41, 5.74) is 8.28. The Balaban J connectivity index is 2.28. The molecule has 17 heavy (non-hydrogen) atoms. The molecule has 0 saturated carbocycles. The average Bonchev–Trinajstić information content (AvgIpc) is 2.65. The van der Waals surface area contributed by atoms with Crippen LogP contribution in [0.5, 0.6) is 0 Å². The Hall–Kier alpha value is -2.11. The fraction of sp³-hybridized carbons (Fsp3) is 0.364. The Bertz CT molecular complexity index is 584. The number of hydrogen-bond donors (Lipinski definition) is 1. The molecule has 6 heteroatoms. The van der Waals surface area contributed by atoms with E-state index in [9.17, 15) is 4.79 Å². The van der Waals surface area contributed by atoms with Crippen molar-refractivity contribution < 1.29 is 0 Å². The van der Waals surface area contributed by atoms with Gasteiger partial charge in [0.05, 0.1) is 6.54 Å². The molecule has 0 aliphatic heterocycles. The second kappa shape index (κ2) is 4.40. The second-order valence-electron chi connectivity index (χ2n) is 3.93. The molecule has 1 aromatic carbocycles. The lowest BCUT2D eigenvalue weighted by molar-refractivity contribution is 0.609. The van der Waals surface area contributed by atoms with Gasteiger partial charge in [0.25, 0.3) is 0 Å². The number of nitrogens with two attached hydrogens (primary N) is 1. The van der Waals surface area contributed by atoms with Crippen molar-refractivity contribution in [2.24, 2.45) is 0 Å². The highest BCUT2D eigenvalue weighted by atomic mass is 16.2. The zero-order chi connectivity index (χ0) is 12.4. The van der Waals surface area contributed by atoms with Crippen molar-refractivity contribution >= 4 is 5.69 Å². The van der Waals surface area contributed by atoms with Gasteiger partial charge in [0, 0.05) is 12.2 Å². The minimum atomic E-state index is -0.193. The lowest BCUT2D eigenvalue weighted by Gasteiger charge is -2.03. The minimum Gasteiger partial charge on any atom is -0.399 e. The molecule has 0 unspecified atom stereocenters. The maximum Gasteiger partial charge on any atom is 0.363 e. The molecule has 0 saturated heterocycles. The maximum atomic E-state index is 11.7. The van der Waals surface area contributed by atoms with Gasteiger partial charge in [-0.05, 0) is 41.5 Å². The van der Waals surface area contributed by atoms with Gasteiger partial charge >= 0.3 is 5.69 Å². The van der Waals surface area contributed by atoms with Crippen LogP contribution in [0.4, 0.5) is 5.69 Å². The number of benzene rings is 1. The Labute approximate surface area is 98.6 Å². The normalized spacial score (nSPS) is 10.7. The number of rotatable bonds is 3. The summed E-state index contributed by atoms with van der Waals surface area (Å²) in [6.07, 6.45) is 0. The van der Waals surface area contributed by atoms with Crippen molar-refractivity contribution in [2.75, 3.05) is 5.73 Å². The average molecular weight is 233 g/mol. The molecule has 2 aromatic rings. The molecule has 0 aliphatic rings. The molecule has 0 bridgehead atoms. The fourth-order valence-electron chi connectivity index (χ4n) is 1.61. The number of nitrogen functional groups attached to an aromatic ring is 1. The number of aromatic nitrogens is 4. The largest absolute Gasteiger partial charge is 0.399 e. The van der Waals surface area contributed by atoms with Crippen molar-refractivity contribution in [2.45, 2.75) is 26.9 Å². The third-order valence-corrected chi connectivity index (χ3v) is 2.66. The highest BCUT2D eigenvalue weighted by molar-refractivity contribution is 5.47. The molecular formula is C11H15N5O. The van der Waals surface area contributed by atoms with Gasteiger partial charge < -0.3 is 5.73 Å². The second-order valence-corrected chi connectivity index (χ2v) is 3.93. The number of anilines is 1. The van der Waals surface area contributed by atoms with E-state index >= 15 is 0 Å². The molecule has 0 atom stereocenters. The van der Waals surface area contributed by atoms with Gasteiger partial charge in [-0.2, -0.15) is 9.36 Å². The van der Waals surface area contributed by atoms with Gasteiger partial charge in [-0.25, -0.2) is 4.79 Å². The van der Waals surface area contributed by atoms with E-state index in [0.717, 1.165) is 16.8 Å². The van der Waals surface area contributed by atoms with E-state index in [1.165, 1.54) is 9.36 Å². The first-order chi connectivity index (χ1) is 8.11. The van der Waals surface area contributed by atoms with E-state index in [0.29, 0.717) is 13.1 Å². The topological polar surface area (TPSA) is 78.7 Å². The number of tetrazole rings is 1. The van der Waals surface area contributed by atoms with E-state index in [4.69, 9.17) is 5.73 Å². The number of nitrogens with zero attached hydrogens (tertiary/aromatic N) is 4. The van der Waals surface area contributed by atoms with E-state index in [-0.39, 0.29) is 5.69 Å². The van der Waals surface area contributed by atoms with Crippen LogP contribution in [0, 0.1) is 6.92 Å². The first-order valence-electron chi connectivity index (χ1n) is 5.47.